The second-order valence-corrected chi connectivity index (χ2v) is 7.49. The van der Waals surface area contributed by atoms with Gasteiger partial charge in [-0.1, -0.05) is 24.3 Å². The Kier molecular flexibility index (Phi) is 6.57. The zero-order valence-corrected chi connectivity index (χ0v) is 17.2. The highest BCUT2D eigenvalue weighted by atomic mass is 16.5. The Morgan fingerprint density at radius 2 is 1.93 bits per heavy atom. The van der Waals surface area contributed by atoms with E-state index in [1.807, 2.05) is 63.4 Å². The number of nitrogens with zero attached hydrogens (tertiary/aromatic N) is 2. The zero-order valence-electron chi connectivity index (χ0n) is 17.2. The largest absolute Gasteiger partial charge is 0.485 e. The van der Waals surface area contributed by atoms with Crippen LogP contribution in [-0.4, -0.2) is 49.7 Å². The van der Waals surface area contributed by atoms with E-state index >= 15 is 0 Å². The average molecular weight is 383 g/mol. The first-order valence-corrected chi connectivity index (χ1v) is 9.94. The maximum Gasteiger partial charge on any atom is 0.253 e. The van der Waals surface area contributed by atoms with Gasteiger partial charge in [0.25, 0.3) is 5.91 Å². The van der Waals surface area contributed by atoms with Crippen molar-refractivity contribution in [3.05, 3.63) is 59.7 Å². The zero-order chi connectivity index (χ0) is 20.1. The summed E-state index contributed by atoms with van der Waals surface area (Å²) < 4.78 is 11.8. The summed E-state index contributed by atoms with van der Waals surface area (Å²) >= 11 is 0. The molecular weight excluding hydrogens is 352 g/mol. The maximum absolute atomic E-state index is 12.8. The van der Waals surface area contributed by atoms with Crippen LogP contribution in [0.15, 0.2) is 48.5 Å². The van der Waals surface area contributed by atoms with Crippen LogP contribution in [0.2, 0.25) is 0 Å². The molecule has 0 saturated heterocycles. The van der Waals surface area contributed by atoms with Crippen LogP contribution in [0.3, 0.4) is 0 Å². The molecule has 0 radical (unpaired) electrons. The summed E-state index contributed by atoms with van der Waals surface area (Å²) in [4.78, 5) is 16.9. The van der Waals surface area contributed by atoms with Crippen molar-refractivity contribution in [1.29, 1.82) is 0 Å². The highest BCUT2D eigenvalue weighted by Gasteiger charge is 2.26. The van der Waals surface area contributed by atoms with Gasteiger partial charge in [0, 0.05) is 19.2 Å². The van der Waals surface area contributed by atoms with Crippen LogP contribution in [-0.2, 0) is 11.3 Å². The number of ether oxygens (including phenoxy) is 2. The van der Waals surface area contributed by atoms with E-state index in [2.05, 4.69) is 17.9 Å². The lowest BCUT2D eigenvalue weighted by atomic mass is 10.1. The van der Waals surface area contributed by atoms with Crippen LogP contribution in [0.4, 0.5) is 5.69 Å². The predicted octanol–water partition coefficient (Wildman–Crippen LogP) is 3.97. The normalized spacial score (nSPS) is 15.9. The topological polar surface area (TPSA) is 42.0 Å². The molecule has 28 heavy (non-hydrogen) atoms. The van der Waals surface area contributed by atoms with Crippen molar-refractivity contribution in [3.63, 3.8) is 0 Å². The van der Waals surface area contributed by atoms with Gasteiger partial charge in [0.2, 0.25) is 0 Å². The van der Waals surface area contributed by atoms with Gasteiger partial charge in [-0.05, 0) is 50.6 Å². The second-order valence-electron chi connectivity index (χ2n) is 7.49. The van der Waals surface area contributed by atoms with E-state index in [4.69, 9.17) is 9.47 Å². The summed E-state index contributed by atoms with van der Waals surface area (Å²) in [7, 11) is 1.83. The van der Waals surface area contributed by atoms with Gasteiger partial charge >= 0.3 is 0 Å². The number of hydrogen-bond acceptors (Lipinski definition) is 4. The van der Waals surface area contributed by atoms with Crippen molar-refractivity contribution in [1.82, 2.24) is 4.90 Å². The molecule has 1 aliphatic heterocycles. The van der Waals surface area contributed by atoms with E-state index in [0.717, 1.165) is 30.1 Å². The Labute approximate surface area is 167 Å². The highest BCUT2D eigenvalue weighted by Crippen LogP contribution is 2.32. The van der Waals surface area contributed by atoms with Crippen LogP contribution in [0.1, 0.15) is 36.7 Å². The Balaban J connectivity index is 1.61. The van der Waals surface area contributed by atoms with Crippen molar-refractivity contribution < 1.29 is 14.3 Å². The number of amides is 1. The van der Waals surface area contributed by atoms with E-state index < -0.39 is 0 Å². The smallest absolute Gasteiger partial charge is 0.253 e. The van der Waals surface area contributed by atoms with Crippen molar-refractivity contribution >= 4 is 11.6 Å². The Morgan fingerprint density at radius 3 is 2.61 bits per heavy atom. The minimum Gasteiger partial charge on any atom is -0.485 e. The molecule has 0 bridgehead atoms. The molecule has 2 aromatic rings. The van der Waals surface area contributed by atoms with Crippen molar-refractivity contribution in [2.75, 3.05) is 31.6 Å². The molecule has 2 aromatic carbocycles. The summed E-state index contributed by atoms with van der Waals surface area (Å²) in [6, 6.07) is 15.7. The average Bonchev–Trinajstić information content (AvgIpc) is 2.71. The number of likely N-dealkylation sites (N-methyl/N-ethyl adjacent to an activating group) is 2. The first-order valence-electron chi connectivity index (χ1n) is 9.94. The standard InChI is InChI=1S/C23H30N2O3/c1-5-25-15-20(28-22-9-7-6-8-21(22)25)14-24(4)23(26)19-12-10-18(11-13-19)16-27-17(2)3/h6-13,17,20H,5,14-16H2,1-4H3/t20-/m0/s1. The molecule has 150 valence electrons. The molecule has 5 heteroatoms. The number of benzene rings is 2. The molecule has 0 aliphatic carbocycles. The summed E-state index contributed by atoms with van der Waals surface area (Å²) in [6.45, 7) is 8.95. The molecule has 0 spiro atoms. The predicted molar refractivity (Wildman–Crippen MR) is 112 cm³/mol. The van der Waals surface area contributed by atoms with E-state index in [-0.39, 0.29) is 18.1 Å². The van der Waals surface area contributed by atoms with Crippen LogP contribution in [0, 0.1) is 0 Å². The fourth-order valence-electron chi connectivity index (χ4n) is 3.39. The second kappa shape index (κ2) is 9.11. The van der Waals surface area contributed by atoms with Crippen LogP contribution >= 0.6 is 0 Å². The third kappa shape index (κ3) is 4.84. The molecule has 1 atom stereocenters. The quantitative estimate of drug-likeness (QED) is 0.727. The van der Waals surface area contributed by atoms with Crippen molar-refractivity contribution in [2.45, 2.75) is 39.6 Å². The van der Waals surface area contributed by atoms with E-state index in [0.29, 0.717) is 18.7 Å². The number of anilines is 1. The van der Waals surface area contributed by atoms with Gasteiger partial charge in [0.1, 0.15) is 11.9 Å². The Hall–Kier alpha value is -2.53. The molecule has 1 heterocycles. The molecule has 5 nitrogen and oxygen atoms in total. The summed E-state index contributed by atoms with van der Waals surface area (Å²) in [5.74, 6) is 0.887. The van der Waals surface area contributed by atoms with E-state index in [9.17, 15) is 4.79 Å². The molecular formula is C23H30N2O3. The molecule has 0 fully saturated rings. The molecule has 3 rings (SSSR count). The number of para-hydroxylation sites is 2. The van der Waals surface area contributed by atoms with Crippen molar-refractivity contribution in [2.24, 2.45) is 0 Å². The molecule has 0 saturated carbocycles. The van der Waals surface area contributed by atoms with Gasteiger partial charge in [0.05, 0.1) is 31.5 Å². The number of hydrogen-bond donors (Lipinski definition) is 0. The van der Waals surface area contributed by atoms with Gasteiger partial charge in [0.15, 0.2) is 0 Å². The molecule has 0 unspecified atom stereocenters. The molecule has 1 amide bonds. The fourth-order valence-corrected chi connectivity index (χ4v) is 3.39. The summed E-state index contributed by atoms with van der Waals surface area (Å²) in [6.07, 6.45) is 0.137. The minimum atomic E-state index is -0.0532. The lowest BCUT2D eigenvalue weighted by molar-refractivity contribution is 0.0655. The third-order valence-electron chi connectivity index (χ3n) is 4.91. The summed E-state index contributed by atoms with van der Waals surface area (Å²) in [5.41, 5.74) is 2.87. The van der Waals surface area contributed by atoms with Gasteiger partial charge in [-0.25, -0.2) is 0 Å². The van der Waals surface area contributed by atoms with Gasteiger partial charge in [-0.2, -0.15) is 0 Å². The minimum absolute atomic E-state index is 0.00170. The van der Waals surface area contributed by atoms with E-state index in [1.54, 1.807) is 4.90 Å². The number of carbonyl (C=O) groups excluding carboxylic acids is 1. The first-order chi connectivity index (χ1) is 13.5. The SMILES string of the molecule is CCN1C[C@H](CN(C)C(=O)c2ccc(COC(C)C)cc2)Oc2ccccc21. The Morgan fingerprint density at radius 1 is 1.21 bits per heavy atom. The van der Waals surface area contributed by atoms with Crippen LogP contribution in [0.25, 0.3) is 0 Å². The number of fused-ring (bicyclic) bond motifs is 1. The number of carbonyl (C=O) groups is 1. The number of rotatable bonds is 7. The lowest BCUT2D eigenvalue weighted by Crippen LogP contribution is -2.46. The van der Waals surface area contributed by atoms with Crippen molar-refractivity contribution in [3.8, 4) is 5.75 Å². The lowest BCUT2D eigenvalue weighted by Gasteiger charge is -2.37. The molecule has 0 N–H and O–H groups in total. The maximum atomic E-state index is 12.8. The monoisotopic (exact) mass is 382 g/mol. The first kappa shape index (κ1) is 20.2. The molecule has 0 aromatic heterocycles. The van der Waals surface area contributed by atoms with Gasteiger partial charge < -0.3 is 19.3 Å². The highest BCUT2D eigenvalue weighted by molar-refractivity contribution is 5.94. The fraction of sp³-hybridized carbons (Fsp3) is 0.435. The van der Waals surface area contributed by atoms with Crippen LogP contribution in [0.5, 0.6) is 5.75 Å². The third-order valence-corrected chi connectivity index (χ3v) is 4.91. The Bertz CT molecular complexity index is 789. The van der Waals surface area contributed by atoms with E-state index in [1.165, 1.54) is 0 Å². The summed E-state index contributed by atoms with van der Waals surface area (Å²) in [5, 5.41) is 0. The van der Waals surface area contributed by atoms with Gasteiger partial charge in [-0.3, -0.25) is 4.79 Å². The van der Waals surface area contributed by atoms with Crippen LogP contribution < -0.4 is 9.64 Å². The van der Waals surface area contributed by atoms with Gasteiger partial charge in [-0.15, -0.1) is 0 Å². The molecule has 1 aliphatic rings.